The first-order valence-electron chi connectivity index (χ1n) is 2.71. The molecule has 10 heavy (non-hydrogen) atoms. The molecule has 0 unspecified atom stereocenters. The Bertz CT molecular complexity index is 170. The molecule has 0 radical (unpaired) electrons. The van der Waals surface area contributed by atoms with Crippen molar-refractivity contribution < 1.29 is 40.6 Å². The molecular weight excluding hydrogens is 143 g/mol. The summed E-state index contributed by atoms with van der Waals surface area (Å²) < 4.78 is 0. The Morgan fingerprint density at radius 3 is 2.90 bits per heavy atom. The van der Waals surface area contributed by atoms with E-state index in [-0.39, 0.29) is 36.9 Å². The van der Waals surface area contributed by atoms with Gasteiger partial charge in [-0.05, 0) is 6.42 Å². The topological polar surface area (TPSA) is 53.3 Å². The van der Waals surface area contributed by atoms with E-state index in [9.17, 15) is 4.79 Å². The molecule has 0 atom stereocenters. The normalized spacial score (nSPS) is 15.9. The Morgan fingerprint density at radius 1 is 1.80 bits per heavy atom. The smallest absolute Gasteiger partial charge is 1.00 e. The van der Waals surface area contributed by atoms with Crippen LogP contribution in [0.25, 0.3) is 0 Å². The number of hydrogen-bond donors (Lipinski definition) is 0. The van der Waals surface area contributed by atoms with Gasteiger partial charge in [0.2, 0.25) is 0 Å². The Kier molecular flexibility index (Phi) is 4.45. The van der Waals surface area contributed by atoms with E-state index >= 15 is 0 Å². The van der Waals surface area contributed by atoms with Gasteiger partial charge in [0.15, 0.2) is 0 Å². The molecule has 0 aliphatic carbocycles. The van der Waals surface area contributed by atoms with Gasteiger partial charge in [-0.2, -0.15) is 5.06 Å². The molecule has 5 heteroatoms. The summed E-state index contributed by atoms with van der Waals surface area (Å²) >= 11 is 0. The van der Waals surface area contributed by atoms with Crippen LogP contribution in [-0.2, 0) is 9.63 Å². The summed E-state index contributed by atoms with van der Waals surface area (Å²) in [7, 11) is 0. The Balaban J connectivity index is 0. The van der Waals surface area contributed by atoms with Gasteiger partial charge in [-0.1, -0.05) is 0 Å². The fourth-order valence-electron chi connectivity index (χ4n) is 0.769. The molecule has 1 rings (SSSR count). The van der Waals surface area contributed by atoms with E-state index in [0.29, 0.717) is 13.0 Å². The molecule has 1 fully saturated rings. The predicted molar refractivity (Wildman–Crippen MR) is 28.8 cm³/mol. The van der Waals surface area contributed by atoms with Crippen LogP contribution in [0.4, 0.5) is 0 Å². The van der Waals surface area contributed by atoms with E-state index in [1.165, 1.54) is 6.26 Å². The molecule has 1 heterocycles. The van der Waals surface area contributed by atoms with Crippen molar-refractivity contribution in [2.24, 2.45) is 0 Å². The van der Waals surface area contributed by atoms with E-state index in [1.54, 1.807) is 0 Å². The molecule has 1 aliphatic rings. The standard InChI is InChI=1S/C5H6N2O2.Na.H/c6-4-9-7-3-1-2-5(7)8;;/h1-3H2;;/q;+1;-1. The van der Waals surface area contributed by atoms with E-state index < -0.39 is 0 Å². The van der Waals surface area contributed by atoms with E-state index in [0.717, 1.165) is 11.5 Å². The number of hydroxylamine groups is 2. The van der Waals surface area contributed by atoms with Crippen molar-refractivity contribution in [1.82, 2.24) is 5.06 Å². The third-order valence-corrected chi connectivity index (χ3v) is 1.18. The minimum absolute atomic E-state index is 0. The Hall–Kier alpha value is -0.240. The second kappa shape index (κ2) is 4.56. The van der Waals surface area contributed by atoms with Crippen LogP contribution < -0.4 is 29.6 Å². The molecular formula is C5H7N2NaO2. The largest absolute Gasteiger partial charge is 1.00 e. The van der Waals surface area contributed by atoms with E-state index in [2.05, 4.69) is 4.84 Å². The monoisotopic (exact) mass is 150 g/mol. The maximum Gasteiger partial charge on any atom is 1.00 e. The summed E-state index contributed by atoms with van der Waals surface area (Å²) in [6.07, 6.45) is 2.74. The number of nitrogens with zero attached hydrogens (tertiary/aromatic N) is 2. The molecule has 0 saturated carbocycles. The van der Waals surface area contributed by atoms with Gasteiger partial charge in [0.05, 0.1) is 6.54 Å². The van der Waals surface area contributed by atoms with Gasteiger partial charge >= 0.3 is 35.8 Å². The minimum atomic E-state index is -0.100. The van der Waals surface area contributed by atoms with Crippen molar-refractivity contribution >= 4 is 5.91 Å². The molecule has 0 spiro atoms. The maximum absolute atomic E-state index is 10.6. The third-order valence-electron chi connectivity index (χ3n) is 1.18. The van der Waals surface area contributed by atoms with Crippen LogP contribution in [0, 0.1) is 11.5 Å². The van der Waals surface area contributed by atoms with Gasteiger partial charge < -0.3 is 1.43 Å². The Morgan fingerprint density at radius 2 is 2.50 bits per heavy atom. The first-order chi connectivity index (χ1) is 4.34. The number of amides is 1. The number of hydrogen-bond acceptors (Lipinski definition) is 3. The SMILES string of the molecule is N#CON1CCCC1=O.[H-].[Na+]. The summed E-state index contributed by atoms with van der Waals surface area (Å²) in [5, 5.41) is 9.06. The summed E-state index contributed by atoms with van der Waals surface area (Å²) in [4.78, 5) is 14.9. The molecule has 0 aromatic rings. The minimum Gasteiger partial charge on any atom is -1.00 e. The first-order valence-corrected chi connectivity index (χ1v) is 2.71. The average molecular weight is 150 g/mol. The summed E-state index contributed by atoms with van der Waals surface area (Å²) in [6, 6.07) is 0. The predicted octanol–water partition coefficient (Wildman–Crippen LogP) is -2.86. The number of nitriles is 1. The molecule has 0 aromatic carbocycles. The molecule has 1 amide bonds. The van der Waals surface area contributed by atoms with Crippen LogP contribution in [0.5, 0.6) is 0 Å². The zero-order chi connectivity index (χ0) is 6.69. The van der Waals surface area contributed by atoms with Crippen molar-refractivity contribution in [3.63, 3.8) is 0 Å². The second-order valence-corrected chi connectivity index (χ2v) is 1.78. The number of rotatable bonds is 1. The molecule has 0 N–H and O–H groups in total. The zero-order valence-electron chi connectivity index (χ0n) is 6.83. The first kappa shape index (κ1) is 9.76. The molecule has 4 nitrogen and oxygen atoms in total. The van der Waals surface area contributed by atoms with Crippen LogP contribution >= 0.6 is 0 Å². The quantitative estimate of drug-likeness (QED) is 0.298. The van der Waals surface area contributed by atoms with Crippen LogP contribution in [0.3, 0.4) is 0 Å². The van der Waals surface area contributed by atoms with Crippen LogP contribution in [-0.4, -0.2) is 17.5 Å². The molecule has 1 saturated heterocycles. The van der Waals surface area contributed by atoms with Gasteiger partial charge in [0.1, 0.15) is 0 Å². The van der Waals surface area contributed by atoms with E-state index in [1.807, 2.05) is 0 Å². The Labute approximate surface area is 82.5 Å². The number of carbonyl (C=O) groups is 1. The van der Waals surface area contributed by atoms with Crippen molar-refractivity contribution in [2.45, 2.75) is 12.8 Å². The van der Waals surface area contributed by atoms with Gasteiger partial charge in [-0.25, -0.2) is 0 Å². The fourth-order valence-corrected chi connectivity index (χ4v) is 0.769. The van der Waals surface area contributed by atoms with Crippen molar-refractivity contribution in [2.75, 3.05) is 6.54 Å². The molecule has 0 bridgehead atoms. The fraction of sp³-hybridized carbons (Fsp3) is 0.600. The summed E-state index contributed by atoms with van der Waals surface area (Å²) in [5.41, 5.74) is 0. The van der Waals surface area contributed by atoms with Crippen molar-refractivity contribution in [3.05, 3.63) is 0 Å². The third kappa shape index (κ3) is 2.18. The van der Waals surface area contributed by atoms with Gasteiger partial charge in [0.25, 0.3) is 5.91 Å². The molecule has 50 valence electrons. The molecule has 0 aromatic heterocycles. The van der Waals surface area contributed by atoms with Crippen LogP contribution in [0.15, 0.2) is 0 Å². The van der Waals surface area contributed by atoms with Crippen LogP contribution in [0.2, 0.25) is 0 Å². The van der Waals surface area contributed by atoms with Crippen molar-refractivity contribution in [1.29, 1.82) is 5.26 Å². The van der Waals surface area contributed by atoms with Crippen molar-refractivity contribution in [3.8, 4) is 6.26 Å². The zero-order valence-corrected chi connectivity index (χ0v) is 7.83. The van der Waals surface area contributed by atoms with Gasteiger partial charge in [-0.3, -0.25) is 9.63 Å². The summed E-state index contributed by atoms with van der Waals surface area (Å²) in [6.45, 7) is 0.548. The number of carbonyl (C=O) groups excluding carboxylic acids is 1. The van der Waals surface area contributed by atoms with E-state index in [4.69, 9.17) is 5.26 Å². The van der Waals surface area contributed by atoms with Gasteiger partial charge in [0, 0.05) is 6.42 Å². The van der Waals surface area contributed by atoms with Gasteiger partial charge in [-0.15, -0.1) is 5.26 Å². The summed E-state index contributed by atoms with van der Waals surface area (Å²) in [5.74, 6) is -0.100. The maximum atomic E-state index is 10.6. The van der Waals surface area contributed by atoms with Crippen LogP contribution in [0.1, 0.15) is 14.3 Å². The average Bonchev–Trinajstić information content (AvgIpc) is 2.18. The molecule has 1 aliphatic heterocycles. The second-order valence-electron chi connectivity index (χ2n) is 1.78.